The molecule has 0 amide bonds. The maximum Gasteiger partial charge on any atom is 0.389 e. The molecule has 0 rings (SSSR count). The molecule has 0 N–H and O–H groups in total. The summed E-state index contributed by atoms with van der Waals surface area (Å²) >= 11 is 1.27. The van der Waals surface area contributed by atoms with E-state index in [1.165, 1.54) is 18.5 Å². The molecule has 0 aromatic heterocycles. The first-order chi connectivity index (χ1) is 6.68. The average Bonchev–Trinajstić information content (AvgIpc) is 2.00. The summed E-state index contributed by atoms with van der Waals surface area (Å²) in [7, 11) is 7.73. The molecule has 0 saturated carbocycles. The molecule has 1 atom stereocenters. The van der Waals surface area contributed by atoms with Crippen molar-refractivity contribution >= 4 is 18.2 Å². The van der Waals surface area contributed by atoms with E-state index in [9.17, 15) is 4.57 Å². The normalized spacial score (nSPS) is 16.7. The van der Waals surface area contributed by atoms with Gasteiger partial charge in [0.05, 0.1) is 39.5 Å². The van der Waals surface area contributed by atoms with Gasteiger partial charge in [0.15, 0.2) is 0 Å². The summed E-state index contributed by atoms with van der Waals surface area (Å²) in [5.41, 5.74) is 0. The standard InChI is InChI=1S/C9H23NO3PS/c1-9(2)13-14(11,12-6)15-8-7-10(3,4)5/h9H,7-8H2,1-6H3/q+1. The molecule has 0 aliphatic rings. The number of nitrogens with zero attached hydrogens (tertiary/aromatic N) is 1. The van der Waals surface area contributed by atoms with Crippen LogP contribution in [0.3, 0.4) is 0 Å². The molecule has 6 heteroatoms. The van der Waals surface area contributed by atoms with E-state index >= 15 is 0 Å². The minimum atomic E-state index is -2.94. The Morgan fingerprint density at radius 3 is 2.20 bits per heavy atom. The Kier molecular flexibility index (Phi) is 6.45. The molecule has 1 unspecified atom stereocenters. The Hall–Kier alpha value is 0.460. The summed E-state index contributed by atoms with van der Waals surface area (Å²) in [6.07, 6.45) is -0.0765. The van der Waals surface area contributed by atoms with Gasteiger partial charge in [0.25, 0.3) is 0 Å². The Morgan fingerprint density at radius 1 is 1.33 bits per heavy atom. The fourth-order valence-electron chi connectivity index (χ4n) is 0.811. The highest BCUT2D eigenvalue weighted by atomic mass is 32.7. The lowest BCUT2D eigenvalue weighted by Crippen LogP contribution is -2.36. The molecule has 0 aromatic rings. The van der Waals surface area contributed by atoms with Crippen LogP contribution in [0.15, 0.2) is 0 Å². The van der Waals surface area contributed by atoms with Crippen LogP contribution < -0.4 is 0 Å². The molecular formula is C9H23NO3PS+. The van der Waals surface area contributed by atoms with Gasteiger partial charge in [-0.2, -0.15) is 0 Å². The predicted molar refractivity (Wildman–Crippen MR) is 66.2 cm³/mol. The van der Waals surface area contributed by atoms with Crippen LogP contribution in [0.2, 0.25) is 0 Å². The first kappa shape index (κ1) is 15.5. The SMILES string of the molecule is COP(=O)(OC(C)C)SCC[N+](C)(C)C. The molecule has 0 aliphatic heterocycles. The molecule has 0 spiro atoms. The highest BCUT2D eigenvalue weighted by Crippen LogP contribution is 2.60. The van der Waals surface area contributed by atoms with E-state index in [1.54, 1.807) is 0 Å². The number of hydrogen-bond donors (Lipinski definition) is 0. The topological polar surface area (TPSA) is 35.5 Å². The van der Waals surface area contributed by atoms with Crippen molar-refractivity contribution in [2.45, 2.75) is 20.0 Å². The number of rotatable bonds is 7. The lowest BCUT2D eigenvalue weighted by Gasteiger charge is -2.24. The van der Waals surface area contributed by atoms with Crippen molar-refractivity contribution in [3.63, 3.8) is 0 Å². The van der Waals surface area contributed by atoms with Gasteiger partial charge < -0.3 is 9.01 Å². The predicted octanol–water partition coefficient (Wildman–Crippen LogP) is 2.61. The van der Waals surface area contributed by atoms with Crippen molar-refractivity contribution < 1.29 is 18.1 Å². The third kappa shape index (κ3) is 8.29. The van der Waals surface area contributed by atoms with Gasteiger partial charge in [-0.3, -0.25) is 4.52 Å². The van der Waals surface area contributed by atoms with Gasteiger partial charge in [0.2, 0.25) is 0 Å². The minimum absolute atomic E-state index is 0.0765. The quantitative estimate of drug-likeness (QED) is 0.518. The molecule has 0 bridgehead atoms. The summed E-state index contributed by atoms with van der Waals surface area (Å²) < 4.78 is 23.1. The van der Waals surface area contributed by atoms with Gasteiger partial charge >= 0.3 is 6.80 Å². The van der Waals surface area contributed by atoms with Gasteiger partial charge in [-0.15, -0.1) is 0 Å². The largest absolute Gasteiger partial charge is 0.389 e. The zero-order valence-electron chi connectivity index (χ0n) is 10.5. The number of quaternary nitrogens is 1. The van der Waals surface area contributed by atoms with Crippen LogP contribution in [0, 0.1) is 0 Å². The van der Waals surface area contributed by atoms with E-state index < -0.39 is 6.80 Å². The maximum atomic E-state index is 12.0. The van der Waals surface area contributed by atoms with Crippen LogP contribution in [-0.4, -0.2) is 51.1 Å². The van der Waals surface area contributed by atoms with Crippen LogP contribution in [-0.2, 0) is 13.6 Å². The van der Waals surface area contributed by atoms with Crippen LogP contribution in [0.1, 0.15) is 13.8 Å². The molecule has 0 radical (unpaired) electrons. The van der Waals surface area contributed by atoms with Crippen molar-refractivity contribution in [3.8, 4) is 0 Å². The van der Waals surface area contributed by atoms with E-state index in [-0.39, 0.29) is 6.10 Å². The second-order valence-corrected chi connectivity index (χ2v) is 8.88. The summed E-state index contributed by atoms with van der Waals surface area (Å²) in [6, 6.07) is 0. The summed E-state index contributed by atoms with van der Waals surface area (Å²) in [4.78, 5) is 0. The van der Waals surface area contributed by atoms with Gasteiger partial charge in [-0.1, -0.05) is 0 Å². The average molecular weight is 256 g/mol. The first-order valence-electron chi connectivity index (χ1n) is 4.98. The highest BCUT2D eigenvalue weighted by molar-refractivity contribution is 8.55. The van der Waals surface area contributed by atoms with Gasteiger partial charge in [0.1, 0.15) is 0 Å². The van der Waals surface area contributed by atoms with Crippen molar-refractivity contribution in [1.82, 2.24) is 0 Å². The van der Waals surface area contributed by atoms with Crippen LogP contribution in [0.5, 0.6) is 0 Å². The molecule has 0 fully saturated rings. The zero-order chi connectivity index (χ0) is 12.1. The fourth-order valence-corrected chi connectivity index (χ4v) is 4.36. The Balaban J connectivity index is 4.05. The van der Waals surface area contributed by atoms with Gasteiger partial charge in [-0.05, 0) is 25.2 Å². The van der Waals surface area contributed by atoms with E-state index in [4.69, 9.17) is 9.05 Å². The summed E-state index contributed by atoms with van der Waals surface area (Å²) in [6.45, 7) is 1.70. The van der Waals surface area contributed by atoms with Crippen LogP contribution >= 0.6 is 18.2 Å². The lowest BCUT2D eigenvalue weighted by atomic mass is 10.5. The van der Waals surface area contributed by atoms with Crippen molar-refractivity contribution in [2.75, 3.05) is 40.6 Å². The van der Waals surface area contributed by atoms with Crippen molar-refractivity contribution in [1.29, 1.82) is 0 Å². The zero-order valence-corrected chi connectivity index (χ0v) is 12.2. The molecule has 0 aromatic carbocycles. The third-order valence-corrected chi connectivity index (χ3v) is 5.59. The van der Waals surface area contributed by atoms with Crippen LogP contribution in [0.25, 0.3) is 0 Å². The van der Waals surface area contributed by atoms with E-state index in [0.717, 1.165) is 16.8 Å². The lowest BCUT2D eigenvalue weighted by molar-refractivity contribution is -0.867. The molecule has 0 saturated heterocycles. The fraction of sp³-hybridized carbons (Fsp3) is 1.00. The molecule has 0 aliphatic carbocycles. The molecule has 0 heterocycles. The maximum absolute atomic E-state index is 12.0. The highest BCUT2D eigenvalue weighted by Gasteiger charge is 2.26. The second kappa shape index (κ2) is 6.26. The summed E-state index contributed by atoms with van der Waals surface area (Å²) in [5, 5.41) is 0. The monoisotopic (exact) mass is 256 g/mol. The second-order valence-electron chi connectivity index (χ2n) is 4.63. The van der Waals surface area contributed by atoms with Crippen molar-refractivity contribution in [3.05, 3.63) is 0 Å². The molecule has 4 nitrogen and oxygen atoms in total. The van der Waals surface area contributed by atoms with E-state index in [2.05, 4.69) is 21.1 Å². The van der Waals surface area contributed by atoms with Crippen molar-refractivity contribution in [2.24, 2.45) is 0 Å². The number of hydrogen-bond acceptors (Lipinski definition) is 4. The van der Waals surface area contributed by atoms with E-state index in [0.29, 0.717) is 0 Å². The molecular weight excluding hydrogens is 233 g/mol. The smallest absolute Gasteiger partial charge is 0.330 e. The first-order valence-corrected chi connectivity index (χ1v) is 8.11. The Labute approximate surface area is 97.2 Å². The molecule has 92 valence electrons. The van der Waals surface area contributed by atoms with E-state index in [1.807, 2.05) is 13.8 Å². The Morgan fingerprint density at radius 2 is 1.87 bits per heavy atom. The van der Waals surface area contributed by atoms with Gasteiger partial charge in [-0.25, -0.2) is 4.57 Å². The minimum Gasteiger partial charge on any atom is -0.330 e. The Bertz CT molecular complexity index is 228. The van der Waals surface area contributed by atoms with Crippen LogP contribution in [0.4, 0.5) is 0 Å². The summed E-state index contributed by atoms with van der Waals surface area (Å²) in [5.74, 6) is 0.765. The van der Waals surface area contributed by atoms with Gasteiger partial charge in [0, 0.05) is 7.11 Å². The molecule has 15 heavy (non-hydrogen) atoms. The third-order valence-electron chi connectivity index (χ3n) is 1.58.